The Balaban J connectivity index is 2.51. The van der Waals surface area contributed by atoms with Crippen molar-refractivity contribution in [3.8, 4) is 0 Å². The van der Waals surface area contributed by atoms with Crippen molar-refractivity contribution in [1.29, 1.82) is 0 Å². The molecule has 0 saturated heterocycles. The van der Waals surface area contributed by atoms with Gasteiger partial charge in [-0.25, -0.2) is 4.98 Å². The summed E-state index contributed by atoms with van der Waals surface area (Å²) in [6.45, 7) is 3.75. The van der Waals surface area contributed by atoms with E-state index in [1.165, 1.54) is 11.8 Å². The number of carbonyl (C=O) groups excluding carboxylic acids is 2. The van der Waals surface area contributed by atoms with Crippen molar-refractivity contribution >= 4 is 11.8 Å². The maximum absolute atomic E-state index is 11.6. The van der Waals surface area contributed by atoms with Crippen LogP contribution in [-0.2, 0) is 16.0 Å². The summed E-state index contributed by atoms with van der Waals surface area (Å²) in [5.41, 5.74) is 0.926. The van der Waals surface area contributed by atoms with Gasteiger partial charge in [-0.3, -0.25) is 14.5 Å². The molecule has 0 saturated carbocycles. The van der Waals surface area contributed by atoms with Crippen molar-refractivity contribution in [1.82, 2.24) is 14.9 Å². The van der Waals surface area contributed by atoms with Crippen LogP contribution in [0.3, 0.4) is 0 Å². The van der Waals surface area contributed by atoms with E-state index in [1.54, 1.807) is 12.5 Å². The van der Waals surface area contributed by atoms with E-state index >= 15 is 0 Å². The van der Waals surface area contributed by atoms with Crippen LogP contribution >= 0.6 is 0 Å². The van der Waals surface area contributed by atoms with Gasteiger partial charge >= 0.3 is 0 Å². The van der Waals surface area contributed by atoms with Gasteiger partial charge in [0.25, 0.3) is 0 Å². The molecule has 16 heavy (non-hydrogen) atoms. The fourth-order valence-electron chi connectivity index (χ4n) is 1.46. The zero-order valence-electron chi connectivity index (χ0n) is 9.69. The second-order valence-corrected chi connectivity index (χ2v) is 3.64. The molecule has 1 rings (SSSR count). The summed E-state index contributed by atoms with van der Waals surface area (Å²) in [5.74, 6) is -0.299. The number of hydrogen-bond donors (Lipinski definition) is 1. The largest absolute Gasteiger partial charge is 0.348 e. The molecule has 0 bridgehead atoms. The number of nitrogens with one attached hydrogen (secondary N) is 1. The Hall–Kier alpha value is -1.65. The smallest absolute Gasteiger partial charge is 0.229 e. The minimum Gasteiger partial charge on any atom is -0.348 e. The Morgan fingerprint density at radius 2 is 2.25 bits per heavy atom. The molecule has 0 aliphatic rings. The molecule has 1 aromatic heterocycles. The van der Waals surface area contributed by atoms with Gasteiger partial charge < -0.3 is 4.98 Å². The highest BCUT2D eigenvalue weighted by molar-refractivity contribution is 5.94. The van der Waals surface area contributed by atoms with E-state index in [9.17, 15) is 9.59 Å². The first-order chi connectivity index (χ1) is 7.65. The van der Waals surface area contributed by atoms with E-state index in [1.807, 2.05) is 6.92 Å². The highest BCUT2D eigenvalue weighted by atomic mass is 16.2. The molecular weight excluding hydrogens is 206 g/mol. The quantitative estimate of drug-likeness (QED) is 0.813. The Labute approximate surface area is 94.9 Å². The third-order valence-electron chi connectivity index (χ3n) is 2.30. The predicted molar refractivity (Wildman–Crippen MR) is 59.6 cm³/mol. The number of aromatic nitrogens is 2. The second kappa shape index (κ2) is 6.05. The van der Waals surface area contributed by atoms with Gasteiger partial charge in [-0.15, -0.1) is 0 Å². The van der Waals surface area contributed by atoms with Gasteiger partial charge in [-0.2, -0.15) is 0 Å². The molecule has 5 heteroatoms. The molecule has 0 fully saturated rings. The van der Waals surface area contributed by atoms with Crippen LogP contribution in [0.4, 0.5) is 0 Å². The number of amides is 2. The molecule has 0 aliphatic carbocycles. The van der Waals surface area contributed by atoms with Gasteiger partial charge in [0.15, 0.2) is 0 Å². The molecule has 0 atom stereocenters. The topological polar surface area (TPSA) is 66.1 Å². The molecule has 1 aromatic rings. The van der Waals surface area contributed by atoms with Crippen LogP contribution in [-0.4, -0.2) is 33.2 Å². The zero-order valence-corrected chi connectivity index (χ0v) is 9.69. The predicted octanol–water partition coefficient (Wildman–Crippen LogP) is 1.13. The number of carbonyl (C=O) groups is 2. The maximum atomic E-state index is 11.6. The Bertz CT molecular complexity index is 346. The molecule has 0 unspecified atom stereocenters. The number of hydrogen-bond acceptors (Lipinski definition) is 3. The molecule has 0 spiro atoms. The molecular formula is C11H17N3O2. The fraction of sp³-hybridized carbons (Fsp3) is 0.545. The number of H-pyrrole nitrogens is 1. The first-order valence-corrected chi connectivity index (χ1v) is 5.43. The summed E-state index contributed by atoms with van der Waals surface area (Å²) >= 11 is 0. The van der Waals surface area contributed by atoms with E-state index in [0.717, 1.165) is 12.1 Å². The van der Waals surface area contributed by atoms with Crippen molar-refractivity contribution in [3.63, 3.8) is 0 Å². The van der Waals surface area contributed by atoms with Crippen LogP contribution in [0.15, 0.2) is 12.5 Å². The van der Waals surface area contributed by atoms with E-state index in [-0.39, 0.29) is 11.8 Å². The van der Waals surface area contributed by atoms with Gasteiger partial charge in [0.05, 0.1) is 6.33 Å². The Morgan fingerprint density at radius 3 is 2.75 bits per heavy atom. The number of imide groups is 1. The molecule has 2 amide bonds. The number of rotatable bonds is 5. The van der Waals surface area contributed by atoms with Gasteiger partial charge in [-0.05, 0) is 6.42 Å². The molecule has 1 N–H and O–H groups in total. The summed E-state index contributed by atoms with van der Waals surface area (Å²) < 4.78 is 0. The first-order valence-electron chi connectivity index (χ1n) is 5.43. The molecule has 88 valence electrons. The molecule has 5 nitrogen and oxygen atoms in total. The van der Waals surface area contributed by atoms with Crippen molar-refractivity contribution in [2.24, 2.45) is 0 Å². The summed E-state index contributed by atoms with van der Waals surface area (Å²) in [6, 6.07) is 0. The number of imidazole rings is 1. The maximum Gasteiger partial charge on any atom is 0.229 e. The lowest BCUT2D eigenvalue weighted by molar-refractivity contribution is -0.143. The van der Waals surface area contributed by atoms with Crippen LogP contribution in [0.25, 0.3) is 0 Å². The molecule has 0 aliphatic heterocycles. The number of nitrogens with zero attached hydrogens (tertiary/aromatic N) is 2. The van der Waals surface area contributed by atoms with Crippen molar-refractivity contribution < 1.29 is 9.59 Å². The average molecular weight is 223 g/mol. The lowest BCUT2D eigenvalue weighted by atomic mass is 10.2. The Kier molecular flexibility index (Phi) is 4.69. The van der Waals surface area contributed by atoms with Crippen LogP contribution in [0.5, 0.6) is 0 Å². The second-order valence-electron chi connectivity index (χ2n) is 3.64. The molecule has 0 aromatic carbocycles. The van der Waals surface area contributed by atoms with E-state index < -0.39 is 0 Å². The fourth-order valence-corrected chi connectivity index (χ4v) is 1.46. The van der Waals surface area contributed by atoms with Crippen molar-refractivity contribution in [3.05, 3.63) is 18.2 Å². The van der Waals surface area contributed by atoms with Crippen LogP contribution in [0, 0.1) is 0 Å². The third-order valence-corrected chi connectivity index (χ3v) is 2.30. The first kappa shape index (κ1) is 12.4. The van der Waals surface area contributed by atoms with E-state index in [2.05, 4.69) is 9.97 Å². The van der Waals surface area contributed by atoms with Gasteiger partial charge in [0.2, 0.25) is 11.8 Å². The highest BCUT2D eigenvalue weighted by Gasteiger charge is 2.16. The highest BCUT2D eigenvalue weighted by Crippen LogP contribution is 2.02. The lowest BCUT2D eigenvalue weighted by Gasteiger charge is -2.18. The zero-order chi connectivity index (χ0) is 12.0. The van der Waals surface area contributed by atoms with Gasteiger partial charge in [0.1, 0.15) is 0 Å². The normalized spacial score (nSPS) is 10.1. The summed E-state index contributed by atoms with van der Waals surface area (Å²) in [4.78, 5) is 31.0. The molecule has 0 radical (unpaired) electrons. The number of aromatic amines is 1. The van der Waals surface area contributed by atoms with Crippen LogP contribution in [0.1, 0.15) is 32.4 Å². The lowest BCUT2D eigenvalue weighted by Crippen LogP contribution is -2.36. The third kappa shape index (κ3) is 3.49. The van der Waals surface area contributed by atoms with E-state index in [4.69, 9.17) is 0 Å². The SMILES string of the molecule is CCCC(=O)N(CCc1cnc[nH]1)C(C)=O. The van der Waals surface area contributed by atoms with Crippen molar-refractivity contribution in [2.45, 2.75) is 33.1 Å². The Morgan fingerprint density at radius 1 is 1.50 bits per heavy atom. The monoisotopic (exact) mass is 223 g/mol. The standard InChI is InChI=1S/C11H17N3O2/c1-3-4-11(16)14(9(2)15)6-5-10-7-12-8-13-10/h7-8H,3-6H2,1-2H3,(H,12,13). The van der Waals surface area contributed by atoms with Crippen molar-refractivity contribution in [2.75, 3.05) is 6.54 Å². The minimum atomic E-state index is -0.196. The van der Waals surface area contributed by atoms with Gasteiger partial charge in [0, 0.05) is 38.2 Å². The summed E-state index contributed by atoms with van der Waals surface area (Å²) in [7, 11) is 0. The van der Waals surface area contributed by atoms with Gasteiger partial charge in [-0.1, -0.05) is 6.92 Å². The van der Waals surface area contributed by atoms with Crippen LogP contribution < -0.4 is 0 Å². The summed E-state index contributed by atoms with van der Waals surface area (Å²) in [5, 5.41) is 0. The van der Waals surface area contributed by atoms with E-state index in [0.29, 0.717) is 19.4 Å². The average Bonchev–Trinajstić information content (AvgIpc) is 2.70. The minimum absolute atomic E-state index is 0.102. The summed E-state index contributed by atoms with van der Waals surface area (Å²) in [6.07, 6.45) is 5.08. The van der Waals surface area contributed by atoms with Crippen LogP contribution in [0.2, 0.25) is 0 Å². The molecule has 1 heterocycles.